The van der Waals surface area contributed by atoms with Crippen molar-refractivity contribution in [3.05, 3.63) is 106 Å². The molecule has 75 heavy (non-hydrogen) atoms. The summed E-state index contributed by atoms with van der Waals surface area (Å²) in [5, 5.41) is 0. The van der Waals surface area contributed by atoms with Crippen molar-refractivity contribution in [1.29, 1.82) is 0 Å². The summed E-state index contributed by atoms with van der Waals surface area (Å²) < 4.78 is 7.27. The molecular weight excluding hydrogens is 913 g/mol. The molecular formula is C70H110N4O. The fourth-order valence-electron chi connectivity index (χ4n) is 12.6. The monoisotopic (exact) mass is 1020 g/mol. The van der Waals surface area contributed by atoms with Crippen molar-refractivity contribution in [3.63, 3.8) is 0 Å². The largest absolute Gasteiger partial charge is 0.457 e. The first-order valence-electron chi connectivity index (χ1n) is 32.6. The van der Waals surface area contributed by atoms with Gasteiger partial charge in [-0.1, -0.05) is 206 Å². The molecule has 2 saturated carbocycles. The summed E-state index contributed by atoms with van der Waals surface area (Å²) in [7, 11) is 0. The molecule has 6 rings (SSSR count). The maximum absolute atomic E-state index is 7.27. The molecule has 416 valence electrons. The van der Waals surface area contributed by atoms with Crippen LogP contribution in [0.2, 0.25) is 0 Å². The first-order valence-corrected chi connectivity index (χ1v) is 32.6. The van der Waals surface area contributed by atoms with E-state index in [4.69, 9.17) is 24.7 Å². The Morgan fingerprint density at radius 3 is 0.920 bits per heavy atom. The summed E-state index contributed by atoms with van der Waals surface area (Å²) >= 11 is 0. The van der Waals surface area contributed by atoms with Crippen LogP contribution in [-0.4, -0.2) is 19.9 Å². The van der Waals surface area contributed by atoms with Gasteiger partial charge in [-0.15, -0.1) is 0 Å². The van der Waals surface area contributed by atoms with E-state index in [9.17, 15) is 0 Å². The minimum atomic E-state index is 0.475. The van der Waals surface area contributed by atoms with Gasteiger partial charge in [0.05, 0.1) is 0 Å². The van der Waals surface area contributed by atoms with Crippen LogP contribution in [0.1, 0.15) is 316 Å². The third-order valence-corrected chi connectivity index (χ3v) is 17.6. The highest BCUT2D eigenvalue weighted by Gasteiger charge is 2.28. The quantitative estimate of drug-likeness (QED) is 0.0416. The fourth-order valence-corrected chi connectivity index (χ4v) is 12.6. The van der Waals surface area contributed by atoms with Crippen LogP contribution in [0.15, 0.2) is 61.2 Å². The lowest BCUT2D eigenvalue weighted by molar-refractivity contribution is 0.312. The standard InChI is InChI=1S/C70H110N4O/c1-5-9-13-17-21-25-29-33-57-41-47-67(65(49-57)51-59-37-43-63(44-38-59)69-71-53-61(54-72-69)35-31-27-23-19-15-11-7-3)75-68-48-42-58(34-30-26-22-18-14-10-6-2)50-66(68)52-60-39-45-64(46-40-60)70-73-55-62(56-74-70)36-32-28-24-20-16-12-8-4/h41-42,47-50,53-56,59-60,63-64H,5-40,43-46,51-52H2,1-4H3/t59-,60-,63-,64-. The molecule has 0 atom stereocenters. The van der Waals surface area contributed by atoms with Crippen LogP contribution in [0.5, 0.6) is 11.5 Å². The minimum Gasteiger partial charge on any atom is -0.457 e. The van der Waals surface area contributed by atoms with Gasteiger partial charge < -0.3 is 4.74 Å². The molecule has 2 aromatic carbocycles. The summed E-state index contributed by atoms with van der Waals surface area (Å²) in [6.45, 7) is 9.22. The van der Waals surface area contributed by atoms with Crippen molar-refractivity contribution >= 4 is 0 Å². The topological polar surface area (TPSA) is 60.8 Å². The van der Waals surface area contributed by atoms with E-state index in [1.807, 2.05) is 0 Å². The van der Waals surface area contributed by atoms with E-state index < -0.39 is 0 Å². The smallest absolute Gasteiger partial charge is 0.131 e. The number of aryl methyl sites for hydroxylation is 4. The van der Waals surface area contributed by atoms with Gasteiger partial charge in [-0.25, -0.2) is 19.9 Å². The van der Waals surface area contributed by atoms with Crippen molar-refractivity contribution in [3.8, 4) is 11.5 Å². The zero-order valence-corrected chi connectivity index (χ0v) is 49.0. The van der Waals surface area contributed by atoms with E-state index in [-0.39, 0.29) is 0 Å². The molecule has 5 heteroatoms. The van der Waals surface area contributed by atoms with Crippen LogP contribution < -0.4 is 4.74 Å². The summed E-state index contributed by atoms with van der Waals surface area (Å²) in [4.78, 5) is 19.9. The molecule has 0 aliphatic heterocycles. The van der Waals surface area contributed by atoms with Gasteiger partial charge in [-0.3, -0.25) is 0 Å². The Kier molecular flexibility index (Phi) is 30.1. The summed E-state index contributed by atoms with van der Waals surface area (Å²) in [6.07, 6.45) is 62.6. The van der Waals surface area contributed by atoms with E-state index in [1.54, 1.807) is 0 Å². The Bertz CT molecular complexity index is 1900. The zero-order valence-electron chi connectivity index (χ0n) is 49.0. The van der Waals surface area contributed by atoms with Crippen LogP contribution in [-0.2, 0) is 38.5 Å². The van der Waals surface area contributed by atoms with Crippen LogP contribution in [0, 0.1) is 11.8 Å². The van der Waals surface area contributed by atoms with E-state index in [2.05, 4.69) is 88.9 Å². The predicted molar refractivity (Wildman–Crippen MR) is 321 cm³/mol. The summed E-state index contributed by atoms with van der Waals surface area (Å²) in [6, 6.07) is 14.6. The highest BCUT2D eigenvalue weighted by Crippen LogP contribution is 2.41. The second kappa shape index (κ2) is 37.3. The minimum absolute atomic E-state index is 0.475. The molecule has 0 radical (unpaired) electrons. The van der Waals surface area contributed by atoms with Crippen molar-refractivity contribution < 1.29 is 4.74 Å². The van der Waals surface area contributed by atoms with Crippen molar-refractivity contribution in [2.75, 3.05) is 0 Å². The number of nitrogens with zero attached hydrogens (tertiary/aromatic N) is 4. The van der Waals surface area contributed by atoms with Gasteiger partial charge in [0.1, 0.15) is 23.1 Å². The van der Waals surface area contributed by atoms with Crippen LogP contribution >= 0.6 is 0 Å². The molecule has 5 nitrogen and oxygen atoms in total. The Balaban J connectivity index is 1.09. The zero-order chi connectivity index (χ0) is 52.4. The molecule has 0 spiro atoms. The molecule has 2 aromatic heterocycles. The molecule has 2 fully saturated rings. The van der Waals surface area contributed by atoms with E-state index in [0.29, 0.717) is 23.7 Å². The molecule has 4 aromatic rings. The van der Waals surface area contributed by atoms with Gasteiger partial charge in [0.25, 0.3) is 0 Å². The SMILES string of the molecule is CCCCCCCCCc1cnc([C@H]2CC[C@H](Cc3cc(CCCCCCCCC)ccc3Oc3ccc(CCCCCCCCC)cc3C[C@H]3CC[C@H](c4ncc(CCCCCCCCC)cn4)CC3)CC2)nc1. The number of unbranched alkanes of at least 4 members (excludes halogenated alkanes) is 24. The second-order valence-corrected chi connectivity index (χ2v) is 24.2. The van der Waals surface area contributed by atoms with Gasteiger partial charge in [-0.05, 0) is 173 Å². The number of ether oxygens (including phenoxy) is 1. The third-order valence-electron chi connectivity index (χ3n) is 17.6. The maximum Gasteiger partial charge on any atom is 0.131 e. The molecule has 0 unspecified atom stereocenters. The van der Waals surface area contributed by atoms with E-state index >= 15 is 0 Å². The molecule has 0 bridgehead atoms. The molecule has 0 saturated heterocycles. The Labute approximate surface area is 461 Å². The van der Waals surface area contributed by atoms with Crippen LogP contribution in [0.3, 0.4) is 0 Å². The lowest BCUT2D eigenvalue weighted by Gasteiger charge is -2.29. The number of hydrogen-bond acceptors (Lipinski definition) is 5. The van der Waals surface area contributed by atoms with Crippen LogP contribution in [0.25, 0.3) is 0 Å². The Hall–Kier alpha value is -3.60. The van der Waals surface area contributed by atoms with Crippen LogP contribution in [0.4, 0.5) is 0 Å². The van der Waals surface area contributed by atoms with Crippen molar-refractivity contribution in [1.82, 2.24) is 19.9 Å². The fraction of sp³-hybridized carbons (Fsp3) is 0.714. The highest BCUT2D eigenvalue weighted by molar-refractivity contribution is 5.45. The predicted octanol–water partition coefficient (Wildman–Crippen LogP) is 21.3. The first kappa shape index (κ1) is 60.6. The van der Waals surface area contributed by atoms with Gasteiger partial charge in [0.2, 0.25) is 0 Å². The molecule has 2 aliphatic carbocycles. The van der Waals surface area contributed by atoms with Gasteiger partial charge >= 0.3 is 0 Å². The van der Waals surface area contributed by atoms with E-state index in [1.165, 1.54) is 265 Å². The van der Waals surface area contributed by atoms with Gasteiger partial charge in [0.15, 0.2) is 0 Å². The van der Waals surface area contributed by atoms with Crippen molar-refractivity contribution in [2.24, 2.45) is 11.8 Å². The third kappa shape index (κ3) is 23.5. The number of hydrogen-bond donors (Lipinski definition) is 0. The van der Waals surface area contributed by atoms with E-state index in [0.717, 1.165) is 61.7 Å². The summed E-state index contributed by atoms with van der Waals surface area (Å²) in [5.41, 5.74) is 8.41. The highest BCUT2D eigenvalue weighted by atomic mass is 16.5. The normalized spacial score (nSPS) is 17.9. The first-order chi connectivity index (χ1) is 37.0. The summed E-state index contributed by atoms with van der Waals surface area (Å²) in [5.74, 6) is 6.56. The number of benzene rings is 2. The lowest BCUT2D eigenvalue weighted by atomic mass is 9.78. The lowest BCUT2D eigenvalue weighted by Crippen LogP contribution is -2.18. The number of rotatable bonds is 40. The van der Waals surface area contributed by atoms with Gasteiger partial charge in [-0.2, -0.15) is 0 Å². The molecule has 2 aliphatic rings. The molecule has 0 amide bonds. The Morgan fingerprint density at radius 1 is 0.333 bits per heavy atom. The average molecular weight is 1020 g/mol. The second-order valence-electron chi connectivity index (χ2n) is 24.2. The molecule has 2 heterocycles. The Morgan fingerprint density at radius 2 is 0.613 bits per heavy atom. The maximum atomic E-state index is 7.27. The molecule has 0 N–H and O–H groups in total. The van der Waals surface area contributed by atoms with Crippen molar-refractivity contribution in [2.45, 2.75) is 309 Å². The number of aromatic nitrogens is 4. The average Bonchev–Trinajstić information content (AvgIpc) is 3.44. The van der Waals surface area contributed by atoms with Gasteiger partial charge in [0, 0.05) is 36.6 Å².